The molecule has 1 aliphatic carbocycles. The van der Waals surface area contributed by atoms with Gasteiger partial charge in [-0.1, -0.05) is 0 Å². The third-order valence-electron chi connectivity index (χ3n) is 6.55. The van der Waals surface area contributed by atoms with Gasteiger partial charge in [0.05, 0.1) is 12.1 Å². The minimum absolute atomic E-state index is 0.0231. The van der Waals surface area contributed by atoms with Gasteiger partial charge in [0.2, 0.25) is 0 Å². The minimum atomic E-state index is -2.61. The number of benzene rings is 3. The number of furan rings is 1. The third kappa shape index (κ3) is 5.83. The highest BCUT2D eigenvalue weighted by molar-refractivity contribution is 7.80. The number of nitrogens with zero attached hydrogens (tertiary/aromatic N) is 1. The van der Waals surface area contributed by atoms with Gasteiger partial charge in [-0.2, -0.15) is 0 Å². The zero-order valence-corrected chi connectivity index (χ0v) is 21.7. The van der Waals surface area contributed by atoms with Gasteiger partial charge in [0.1, 0.15) is 29.4 Å². The molecular formula is C27H25BFN2O7S-. The number of rotatable bonds is 10. The van der Waals surface area contributed by atoms with E-state index in [-0.39, 0.29) is 24.9 Å². The first-order chi connectivity index (χ1) is 18.7. The van der Waals surface area contributed by atoms with Crippen LogP contribution in [0.15, 0.2) is 65.1 Å². The van der Waals surface area contributed by atoms with Crippen molar-refractivity contribution in [2.45, 2.75) is 25.3 Å². The van der Waals surface area contributed by atoms with Crippen molar-refractivity contribution >= 4 is 40.9 Å². The molecule has 39 heavy (non-hydrogen) atoms. The number of halogens is 1. The molecule has 9 nitrogen and oxygen atoms in total. The number of ether oxygens (including phenoxy) is 1. The van der Waals surface area contributed by atoms with Crippen LogP contribution in [0.5, 0.6) is 5.75 Å². The van der Waals surface area contributed by atoms with Crippen LogP contribution in [0.3, 0.4) is 0 Å². The van der Waals surface area contributed by atoms with Crippen LogP contribution in [0.25, 0.3) is 22.3 Å². The molecule has 0 bridgehead atoms. The molecule has 1 unspecified atom stereocenters. The topological polar surface area (TPSA) is 135 Å². The molecule has 3 aromatic carbocycles. The first-order valence-electron chi connectivity index (χ1n) is 12.3. The van der Waals surface area contributed by atoms with E-state index >= 15 is 0 Å². The van der Waals surface area contributed by atoms with Gasteiger partial charge in [-0.15, -0.1) is 0 Å². The van der Waals surface area contributed by atoms with Gasteiger partial charge < -0.3 is 29.1 Å². The number of fused-ring (bicyclic) bond motifs is 1. The molecule has 0 radical (unpaired) electrons. The van der Waals surface area contributed by atoms with Crippen LogP contribution >= 0.6 is 0 Å². The smallest absolute Gasteiger partial charge is 0.491 e. The molecule has 202 valence electrons. The van der Waals surface area contributed by atoms with Crippen LogP contribution in [-0.4, -0.2) is 45.4 Å². The summed E-state index contributed by atoms with van der Waals surface area (Å²) >= 11 is -2.61. The van der Waals surface area contributed by atoms with E-state index in [1.54, 1.807) is 42.5 Å². The third-order valence-corrected chi connectivity index (χ3v) is 7.25. The number of amides is 1. The first-order valence-corrected chi connectivity index (χ1v) is 13.3. The fourth-order valence-corrected chi connectivity index (χ4v) is 5.07. The van der Waals surface area contributed by atoms with Gasteiger partial charge in [-0.05, 0) is 90.6 Å². The summed E-state index contributed by atoms with van der Waals surface area (Å²) in [7, 11) is -0.102. The molecule has 3 N–H and O–H groups in total. The van der Waals surface area contributed by atoms with E-state index < -0.39 is 24.2 Å². The molecule has 1 amide bonds. The Morgan fingerprint density at radius 3 is 2.46 bits per heavy atom. The summed E-state index contributed by atoms with van der Waals surface area (Å²) < 4.78 is 50.7. The highest BCUT2D eigenvalue weighted by Gasteiger charge is 2.30. The van der Waals surface area contributed by atoms with Crippen LogP contribution in [0.2, 0.25) is 0 Å². The Hall–Kier alpha value is -3.71. The fraction of sp³-hybridized carbons (Fsp3) is 0.222. The quantitative estimate of drug-likeness (QED) is 0.202. The van der Waals surface area contributed by atoms with Gasteiger partial charge in [0, 0.05) is 35.0 Å². The normalized spacial score (nSPS) is 13.8. The molecule has 1 atom stereocenters. The molecule has 0 saturated heterocycles. The Bertz CT molecular complexity index is 1520. The van der Waals surface area contributed by atoms with E-state index in [1.165, 1.54) is 23.5 Å². The second-order valence-corrected chi connectivity index (χ2v) is 10.1. The average Bonchev–Trinajstić information content (AvgIpc) is 3.70. The standard InChI is InChI=1S/C27H26BFN2O7S/c1-30-27(32)25-23-13-22(16-2-3-16)18(12-24(23)38-26(25)17-4-6-19(29)7-5-17)14-31(39(35)36)20-8-10-21(11-9-20)37-15-28(33)34/h4-13,16,33-34H,2-3,14-15H2,1H3,(H,30,32)(H,35,36)/p-1. The van der Waals surface area contributed by atoms with Gasteiger partial charge in [-0.3, -0.25) is 13.3 Å². The van der Waals surface area contributed by atoms with Crippen molar-refractivity contribution in [3.8, 4) is 17.1 Å². The number of hydrogen-bond donors (Lipinski definition) is 3. The molecule has 5 rings (SSSR count). The fourth-order valence-electron chi connectivity index (χ4n) is 4.53. The zero-order valence-electron chi connectivity index (χ0n) is 20.9. The predicted octanol–water partition coefficient (Wildman–Crippen LogP) is 3.67. The van der Waals surface area contributed by atoms with Gasteiger partial charge in [0.15, 0.2) is 0 Å². The second kappa shape index (κ2) is 11.2. The van der Waals surface area contributed by atoms with Gasteiger partial charge in [-0.25, -0.2) is 4.39 Å². The molecule has 1 aliphatic rings. The lowest BCUT2D eigenvalue weighted by Crippen LogP contribution is -2.25. The Morgan fingerprint density at radius 1 is 1.18 bits per heavy atom. The molecule has 0 aliphatic heterocycles. The summed E-state index contributed by atoms with van der Waals surface area (Å²) in [5.74, 6) is 0.130. The van der Waals surface area contributed by atoms with Crippen LogP contribution in [0, 0.1) is 5.82 Å². The maximum absolute atomic E-state index is 13.6. The molecule has 4 aromatic rings. The lowest BCUT2D eigenvalue weighted by molar-refractivity contribution is 0.0964. The van der Waals surface area contributed by atoms with Crippen molar-refractivity contribution in [2.75, 3.05) is 17.9 Å². The molecule has 12 heteroatoms. The summed E-state index contributed by atoms with van der Waals surface area (Å²) in [4.78, 5) is 12.9. The lowest BCUT2D eigenvalue weighted by atomic mass is 9.95. The molecule has 1 aromatic heterocycles. The number of hydrogen-bond acceptors (Lipinski definition) is 7. The van der Waals surface area contributed by atoms with Gasteiger partial charge >= 0.3 is 7.12 Å². The number of nitrogens with one attached hydrogen (secondary N) is 1. The summed E-state index contributed by atoms with van der Waals surface area (Å²) in [5, 5.41) is 21.2. The highest BCUT2D eigenvalue weighted by Crippen LogP contribution is 2.45. The molecule has 1 fully saturated rings. The maximum Gasteiger partial charge on any atom is 0.491 e. The largest absolute Gasteiger partial charge is 0.755 e. The Morgan fingerprint density at radius 2 is 1.87 bits per heavy atom. The van der Waals surface area contributed by atoms with Crippen LogP contribution < -0.4 is 14.4 Å². The van der Waals surface area contributed by atoms with E-state index in [1.807, 2.05) is 6.07 Å². The van der Waals surface area contributed by atoms with Crippen molar-refractivity contribution < 1.29 is 37.1 Å². The minimum Gasteiger partial charge on any atom is -0.755 e. The number of carbonyl (C=O) groups excluding carboxylic acids is 1. The van der Waals surface area contributed by atoms with E-state index in [0.717, 1.165) is 24.0 Å². The Balaban J connectivity index is 1.55. The molecule has 0 spiro atoms. The van der Waals surface area contributed by atoms with Crippen molar-refractivity contribution in [3.05, 3.63) is 83.2 Å². The molecule has 1 saturated carbocycles. The van der Waals surface area contributed by atoms with Crippen LogP contribution in [0.1, 0.15) is 40.2 Å². The predicted molar refractivity (Wildman–Crippen MR) is 144 cm³/mol. The van der Waals surface area contributed by atoms with E-state index in [4.69, 9.17) is 19.2 Å². The van der Waals surface area contributed by atoms with Crippen molar-refractivity contribution in [1.82, 2.24) is 5.32 Å². The second-order valence-electron chi connectivity index (χ2n) is 9.25. The van der Waals surface area contributed by atoms with Crippen molar-refractivity contribution in [3.63, 3.8) is 0 Å². The Kier molecular flexibility index (Phi) is 7.71. The van der Waals surface area contributed by atoms with E-state index in [0.29, 0.717) is 39.3 Å². The van der Waals surface area contributed by atoms with Crippen molar-refractivity contribution in [1.29, 1.82) is 0 Å². The summed E-state index contributed by atoms with van der Waals surface area (Å²) in [6.07, 6.45) is 1.89. The average molecular weight is 551 g/mol. The van der Waals surface area contributed by atoms with Crippen LogP contribution in [0.4, 0.5) is 10.1 Å². The van der Waals surface area contributed by atoms with E-state index in [2.05, 4.69) is 5.32 Å². The zero-order chi connectivity index (χ0) is 27.7. The Labute approximate surface area is 226 Å². The monoisotopic (exact) mass is 551 g/mol. The van der Waals surface area contributed by atoms with Gasteiger partial charge in [0.25, 0.3) is 5.91 Å². The summed E-state index contributed by atoms with van der Waals surface area (Å²) in [5.41, 5.74) is 3.35. The summed E-state index contributed by atoms with van der Waals surface area (Å²) in [6.45, 7) is -0.294. The summed E-state index contributed by atoms with van der Waals surface area (Å²) in [6, 6.07) is 15.5. The number of carbonyl (C=O) groups is 1. The first kappa shape index (κ1) is 26.9. The lowest BCUT2D eigenvalue weighted by Gasteiger charge is -2.27. The van der Waals surface area contributed by atoms with Crippen molar-refractivity contribution in [2.24, 2.45) is 0 Å². The SMILES string of the molecule is CNC(=O)c1c(-c2ccc(F)cc2)oc2cc(CN(c3ccc(OCB(O)O)cc3)S(=O)[O-])c(C3CC3)cc12. The highest BCUT2D eigenvalue weighted by atomic mass is 32.2. The van der Waals surface area contributed by atoms with Crippen LogP contribution in [-0.2, 0) is 17.8 Å². The molecular weight excluding hydrogens is 526 g/mol. The van der Waals surface area contributed by atoms with E-state index in [9.17, 15) is 17.9 Å². The number of anilines is 1. The molecule has 1 heterocycles. The maximum atomic E-state index is 13.6.